The number of carbonyl (C=O) groups is 1. The van der Waals surface area contributed by atoms with Crippen molar-refractivity contribution in [1.82, 2.24) is 9.55 Å². The Bertz CT molecular complexity index is 801. The van der Waals surface area contributed by atoms with Crippen molar-refractivity contribution in [2.45, 2.75) is 13.3 Å². The summed E-state index contributed by atoms with van der Waals surface area (Å²) in [4.78, 5) is 17.1. The number of rotatable bonds is 3. The molecule has 0 fully saturated rings. The first kappa shape index (κ1) is 12.9. The topological polar surface area (TPSA) is 55.1 Å². The van der Waals surface area contributed by atoms with Gasteiger partial charge >= 0.3 is 5.97 Å². The number of thiophene rings is 1. The average Bonchev–Trinajstić information content (AvgIpc) is 2.93. The number of hydrogen-bond donors (Lipinski definition) is 1. The van der Waals surface area contributed by atoms with Gasteiger partial charge in [-0.3, -0.25) is 0 Å². The van der Waals surface area contributed by atoms with E-state index in [-0.39, 0.29) is 0 Å². The standard InChI is InChI=1S/C15H14N2O2S/c1-9-7-13(15(18)19)20-12(9)8-14-16-10-5-3-4-6-11(10)17(14)2/h3-7H,8H2,1-2H3,(H,18,19). The van der Waals surface area contributed by atoms with Crippen LogP contribution in [0.1, 0.15) is 25.9 Å². The largest absolute Gasteiger partial charge is 0.477 e. The van der Waals surface area contributed by atoms with E-state index in [2.05, 4.69) is 9.55 Å². The van der Waals surface area contributed by atoms with E-state index in [0.717, 1.165) is 27.3 Å². The van der Waals surface area contributed by atoms with Gasteiger partial charge in [0.15, 0.2) is 0 Å². The summed E-state index contributed by atoms with van der Waals surface area (Å²) in [6.45, 7) is 1.95. The minimum atomic E-state index is -0.866. The number of aromatic nitrogens is 2. The van der Waals surface area contributed by atoms with Gasteiger partial charge in [-0.15, -0.1) is 11.3 Å². The van der Waals surface area contributed by atoms with E-state index in [9.17, 15) is 4.79 Å². The fourth-order valence-corrected chi connectivity index (χ4v) is 3.31. The van der Waals surface area contributed by atoms with E-state index >= 15 is 0 Å². The van der Waals surface area contributed by atoms with Gasteiger partial charge in [0.2, 0.25) is 0 Å². The molecule has 0 aliphatic carbocycles. The second-order valence-electron chi connectivity index (χ2n) is 4.77. The summed E-state index contributed by atoms with van der Waals surface area (Å²) in [5.41, 5.74) is 3.08. The molecule has 0 aliphatic rings. The Morgan fingerprint density at radius 2 is 2.15 bits per heavy atom. The van der Waals surface area contributed by atoms with E-state index in [1.165, 1.54) is 11.3 Å². The highest BCUT2D eigenvalue weighted by Crippen LogP contribution is 2.25. The smallest absolute Gasteiger partial charge is 0.345 e. The van der Waals surface area contributed by atoms with Gasteiger partial charge in [0.05, 0.1) is 11.0 Å². The van der Waals surface area contributed by atoms with Crippen LogP contribution in [0, 0.1) is 6.92 Å². The number of para-hydroxylation sites is 2. The Morgan fingerprint density at radius 1 is 1.40 bits per heavy atom. The zero-order valence-electron chi connectivity index (χ0n) is 11.3. The minimum Gasteiger partial charge on any atom is -0.477 e. The third-order valence-electron chi connectivity index (χ3n) is 3.43. The molecule has 102 valence electrons. The number of carboxylic acids is 1. The number of aromatic carboxylic acids is 1. The maximum absolute atomic E-state index is 11.0. The normalized spacial score (nSPS) is 11.1. The zero-order valence-corrected chi connectivity index (χ0v) is 12.1. The maximum Gasteiger partial charge on any atom is 0.345 e. The fraction of sp³-hybridized carbons (Fsp3) is 0.200. The molecule has 0 atom stereocenters. The van der Waals surface area contributed by atoms with Crippen LogP contribution in [0.5, 0.6) is 0 Å². The predicted octanol–water partition coefficient (Wildman–Crippen LogP) is 3.23. The van der Waals surface area contributed by atoms with Crippen molar-refractivity contribution in [1.29, 1.82) is 0 Å². The lowest BCUT2D eigenvalue weighted by molar-refractivity contribution is 0.0702. The van der Waals surface area contributed by atoms with Crippen LogP contribution < -0.4 is 0 Å². The van der Waals surface area contributed by atoms with Crippen LogP contribution in [0.3, 0.4) is 0 Å². The molecule has 3 rings (SSSR count). The van der Waals surface area contributed by atoms with E-state index in [4.69, 9.17) is 5.11 Å². The molecule has 4 nitrogen and oxygen atoms in total. The highest BCUT2D eigenvalue weighted by atomic mass is 32.1. The van der Waals surface area contributed by atoms with E-state index in [1.54, 1.807) is 6.07 Å². The number of nitrogens with zero attached hydrogens (tertiary/aromatic N) is 2. The Balaban J connectivity index is 2.01. The maximum atomic E-state index is 11.0. The quantitative estimate of drug-likeness (QED) is 0.804. The Morgan fingerprint density at radius 3 is 2.80 bits per heavy atom. The molecule has 0 unspecified atom stereocenters. The molecule has 0 saturated heterocycles. The van der Waals surface area contributed by atoms with Crippen molar-refractivity contribution in [3.63, 3.8) is 0 Å². The summed E-state index contributed by atoms with van der Waals surface area (Å²) in [6.07, 6.45) is 0.662. The second-order valence-corrected chi connectivity index (χ2v) is 5.91. The first-order valence-electron chi connectivity index (χ1n) is 6.29. The summed E-state index contributed by atoms with van der Waals surface area (Å²) >= 11 is 1.33. The predicted molar refractivity (Wildman–Crippen MR) is 79.5 cm³/mol. The van der Waals surface area contributed by atoms with Gasteiger partial charge in [-0.05, 0) is 30.7 Å². The van der Waals surface area contributed by atoms with Gasteiger partial charge < -0.3 is 9.67 Å². The van der Waals surface area contributed by atoms with E-state index < -0.39 is 5.97 Å². The highest BCUT2D eigenvalue weighted by molar-refractivity contribution is 7.14. The molecule has 3 aromatic rings. The molecule has 20 heavy (non-hydrogen) atoms. The number of hydrogen-bond acceptors (Lipinski definition) is 3. The zero-order chi connectivity index (χ0) is 14.3. The van der Waals surface area contributed by atoms with E-state index in [0.29, 0.717) is 11.3 Å². The molecule has 0 radical (unpaired) electrons. The average molecular weight is 286 g/mol. The van der Waals surface area contributed by atoms with Gasteiger partial charge in [0.25, 0.3) is 0 Å². The lowest BCUT2D eigenvalue weighted by Crippen LogP contribution is -1.98. The lowest BCUT2D eigenvalue weighted by Gasteiger charge is -2.01. The van der Waals surface area contributed by atoms with Crippen LogP contribution in [0.4, 0.5) is 0 Å². The van der Waals surface area contributed by atoms with Crippen LogP contribution >= 0.6 is 11.3 Å². The molecule has 2 aromatic heterocycles. The molecule has 0 aliphatic heterocycles. The van der Waals surface area contributed by atoms with Gasteiger partial charge in [-0.25, -0.2) is 9.78 Å². The van der Waals surface area contributed by atoms with Crippen LogP contribution in [0.25, 0.3) is 11.0 Å². The van der Waals surface area contributed by atoms with Crippen molar-refractivity contribution in [3.05, 3.63) is 51.5 Å². The summed E-state index contributed by atoms with van der Waals surface area (Å²) in [6, 6.07) is 9.72. The monoisotopic (exact) mass is 286 g/mol. The summed E-state index contributed by atoms with van der Waals surface area (Å²) in [7, 11) is 1.99. The van der Waals surface area contributed by atoms with E-state index in [1.807, 2.05) is 38.2 Å². The molecular weight excluding hydrogens is 272 g/mol. The molecule has 0 spiro atoms. The molecule has 1 N–H and O–H groups in total. The highest BCUT2D eigenvalue weighted by Gasteiger charge is 2.14. The van der Waals surface area contributed by atoms with Crippen molar-refractivity contribution in [2.24, 2.45) is 7.05 Å². The van der Waals surface area contributed by atoms with Crippen molar-refractivity contribution in [3.8, 4) is 0 Å². The third kappa shape index (κ3) is 2.10. The number of aryl methyl sites for hydroxylation is 2. The van der Waals surface area contributed by atoms with Crippen LogP contribution in [0.2, 0.25) is 0 Å². The molecule has 0 amide bonds. The second kappa shape index (κ2) is 4.76. The van der Waals surface area contributed by atoms with Crippen molar-refractivity contribution >= 4 is 28.3 Å². The fourth-order valence-electron chi connectivity index (χ4n) is 2.30. The Hall–Kier alpha value is -2.14. The van der Waals surface area contributed by atoms with Gasteiger partial charge in [0, 0.05) is 18.3 Å². The van der Waals surface area contributed by atoms with Crippen LogP contribution in [-0.4, -0.2) is 20.6 Å². The Kier molecular flexibility index (Phi) is 3.06. The molecule has 5 heteroatoms. The third-order valence-corrected chi connectivity index (χ3v) is 4.65. The molecule has 1 aromatic carbocycles. The Labute approximate surface area is 120 Å². The minimum absolute atomic E-state index is 0.385. The number of fused-ring (bicyclic) bond motifs is 1. The van der Waals surface area contributed by atoms with Gasteiger partial charge in [-0.1, -0.05) is 12.1 Å². The number of imidazole rings is 1. The molecule has 0 bridgehead atoms. The summed E-state index contributed by atoms with van der Waals surface area (Å²) < 4.78 is 2.06. The number of benzene rings is 1. The SMILES string of the molecule is Cc1cc(C(=O)O)sc1Cc1nc2ccccc2n1C. The van der Waals surface area contributed by atoms with Crippen LogP contribution in [-0.2, 0) is 13.5 Å². The van der Waals surface area contributed by atoms with Crippen LogP contribution in [0.15, 0.2) is 30.3 Å². The van der Waals surface area contributed by atoms with Crippen molar-refractivity contribution in [2.75, 3.05) is 0 Å². The summed E-state index contributed by atoms with van der Waals surface area (Å²) in [5, 5.41) is 9.05. The molecular formula is C15H14N2O2S. The lowest BCUT2D eigenvalue weighted by atomic mass is 10.2. The molecule has 2 heterocycles. The van der Waals surface area contributed by atoms with Crippen molar-refractivity contribution < 1.29 is 9.90 Å². The first-order chi connectivity index (χ1) is 9.56. The van der Waals surface area contributed by atoms with Gasteiger partial charge in [-0.2, -0.15) is 0 Å². The number of carboxylic acid groups (broad SMARTS) is 1. The van der Waals surface area contributed by atoms with Gasteiger partial charge in [0.1, 0.15) is 10.7 Å². The molecule has 0 saturated carbocycles. The first-order valence-corrected chi connectivity index (χ1v) is 7.11. The summed E-state index contributed by atoms with van der Waals surface area (Å²) in [5.74, 6) is 0.0856.